The second kappa shape index (κ2) is 5.77. The summed E-state index contributed by atoms with van der Waals surface area (Å²) in [4.78, 5) is 10.6. The molecule has 1 fully saturated rings. The number of aliphatic carboxylic acids is 1. The summed E-state index contributed by atoms with van der Waals surface area (Å²) in [5.74, 6) is 3.16. The summed E-state index contributed by atoms with van der Waals surface area (Å²) in [7, 11) is 0. The maximum atomic E-state index is 10.6. The smallest absolute Gasteiger partial charge is 0.313 e. The van der Waals surface area contributed by atoms with Gasteiger partial charge >= 0.3 is 5.97 Å². The molecule has 2 rings (SSSR count). The zero-order valence-corrected chi connectivity index (χ0v) is 11.3. The van der Waals surface area contributed by atoms with E-state index in [-0.39, 0.29) is 5.75 Å². The van der Waals surface area contributed by atoms with Crippen LogP contribution in [-0.2, 0) is 11.3 Å². The lowest BCUT2D eigenvalue weighted by molar-refractivity contribution is -0.133. The van der Waals surface area contributed by atoms with E-state index in [9.17, 15) is 4.79 Å². The SMILES string of the molecule is Cc1nnc(SCC(=O)O)n1CC1CCSC1. The molecule has 0 aliphatic carbocycles. The summed E-state index contributed by atoms with van der Waals surface area (Å²) in [6.07, 6.45) is 1.23. The number of hydrogen-bond acceptors (Lipinski definition) is 5. The molecule has 5 nitrogen and oxygen atoms in total. The molecule has 94 valence electrons. The minimum Gasteiger partial charge on any atom is -0.481 e. The second-order valence-corrected chi connectivity index (χ2v) is 6.14. The predicted molar refractivity (Wildman–Crippen MR) is 68.6 cm³/mol. The van der Waals surface area contributed by atoms with Crippen molar-refractivity contribution in [2.75, 3.05) is 17.3 Å². The standard InChI is InChI=1S/C10H15N3O2S2/c1-7-11-12-10(17-6-9(14)15)13(7)4-8-2-3-16-5-8/h8H,2-6H2,1H3,(H,14,15). The van der Waals surface area contributed by atoms with Gasteiger partial charge in [-0.1, -0.05) is 11.8 Å². The summed E-state index contributed by atoms with van der Waals surface area (Å²) >= 11 is 3.22. The molecule has 0 amide bonds. The van der Waals surface area contributed by atoms with Crippen molar-refractivity contribution in [1.82, 2.24) is 14.8 Å². The van der Waals surface area contributed by atoms with Gasteiger partial charge in [0.1, 0.15) is 5.82 Å². The highest BCUT2D eigenvalue weighted by Gasteiger charge is 2.19. The zero-order valence-electron chi connectivity index (χ0n) is 9.63. The quantitative estimate of drug-likeness (QED) is 0.820. The molecule has 1 unspecified atom stereocenters. The monoisotopic (exact) mass is 273 g/mol. The van der Waals surface area contributed by atoms with Crippen molar-refractivity contribution in [3.05, 3.63) is 5.82 Å². The highest BCUT2D eigenvalue weighted by Crippen LogP contribution is 2.27. The van der Waals surface area contributed by atoms with Crippen LogP contribution in [0.4, 0.5) is 0 Å². The van der Waals surface area contributed by atoms with Crippen molar-refractivity contribution in [2.24, 2.45) is 5.92 Å². The van der Waals surface area contributed by atoms with Gasteiger partial charge in [-0.2, -0.15) is 11.8 Å². The van der Waals surface area contributed by atoms with Gasteiger partial charge in [0.25, 0.3) is 0 Å². The maximum Gasteiger partial charge on any atom is 0.313 e. The van der Waals surface area contributed by atoms with Crippen molar-refractivity contribution < 1.29 is 9.90 Å². The number of rotatable bonds is 5. The predicted octanol–water partition coefficient (Wildman–Crippen LogP) is 1.52. The van der Waals surface area contributed by atoms with Gasteiger partial charge in [0.15, 0.2) is 5.16 Å². The van der Waals surface area contributed by atoms with Crippen molar-refractivity contribution in [1.29, 1.82) is 0 Å². The number of aryl methyl sites for hydroxylation is 1. The fraction of sp³-hybridized carbons (Fsp3) is 0.700. The summed E-state index contributed by atoms with van der Waals surface area (Å²) in [6.45, 7) is 2.83. The molecule has 1 atom stereocenters. The Hall–Kier alpha value is -0.690. The van der Waals surface area contributed by atoms with Gasteiger partial charge < -0.3 is 9.67 Å². The lowest BCUT2D eigenvalue weighted by atomic mass is 10.1. The van der Waals surface area contributed by atoms with Crippen LogP contribution in [0.15, 0.2) is 5.16 Å². The molecule has 17 heavy (non-hydrogen) atoms. The van der Waals surface area contributed by atoms with Gasteiger partial charge in [0, 0.05) is 6.54 Å². The third-order valence-corrected chi connectivity index (χ3v) is 4.87. The lowest BCUT2D eigenvalue weighted by Gasteiger charge is -2.12. The first-order valence-corrected chi connectivity index (χ1v) is 7.63. The Kier molecular flexibility index (Phi) is 4.33. The molecule has 0 bridgehead atoms. The zero-order chi connectivity index (χ0) is 12.3. The van der Waals surface area contributed by atoms with Crippen LogP contribution in [-0.4, -0.2) is 43.1 Å². The molecule has 0 radical (unpaired) electrons. The molecule has 0 aromatic carbocycles. The van der Waals surface area contributed by atoms with Crippen molar-refractivity contribution in [2.45, 2.75) is 25.0 Å². The van der Waals surface area contributed by atoms with Crippen LogP contribution in [0.2, 0.25) is 0 Å². The number of aromatic nitrogens is 3. The Morgan fingerprint density at radius 1 is 1.65 bits per heavy atom. The Morgan fingerprint density at radius 2 is 2.47 bits per heavy atom. The topological polar surface area (TPSA) is 68.0 Å². The van der Waals surface area contributed by atoms with E-state index in [0.29, 0.717) is 5.92 Å². The highest BCUT2D eigenvalue weighted by atomic mass is 32.2. The Bertz CT molecular complexity index is 402. The molecule has 2 heterocycles. The summed E-state index contributed by atoms with van der Waals surface area (Å²) in [5.41, 5.74) is 0. The number of hydrogen-bond donors (Lipinski definition) is 1. The first kappa shape index (κ1) is 12.8. The normalized spacial score (nSPS) is 19.7. The van der Waals surface area contributed by atoms with E-state index in [4.69, 9.17) is 5.11 Å². The van der Waals surface area contributed by atoms with Crippen LogP contribution < -0.4 is 0 Å². The van der Waals surface area contributed by atoms with E-state index in [1.165, 1.54) is 29.7 Å². The Labute approximate surface area is 108 Å². The second-order valence-electron chi connectivity index (χ2n) is 4.05. The molecule has 1 saturated heterocycles. The van der Waals surface area contributed by atoms with Crippen LogP contribution in [0.1, 0.15) is 12.2 Å². The van der Waals surface area contributed by atoms with Crippen LogP contribution >= 0.6 is 23.5 Å². The van der Waals surface area contributed by atoms with Crippen molar-refractivity contribution in [3.8, 4) is 0 Å². The number of carboxylic acids is 1. The van der Waals surface area contributed by atoms with Crippen LogP contribution in [0, 0.1) is 12.8 Å². The average Bonchev–Trinajstić information content (AvgIpc) is 2.89. The molecule has 1 aromatic rings. The van der Waals surface area contributed by atoms with Crippen LogP contribution in [0.5, 0.6) is 0 Å². The Morgan fingerprint density at radius 3 is 3.12 bits per heavy atom. The molecule has 1 aromatic heterocycles. The summed E-state index contributed by atoms with van der Waals surface area (Å²) in [6, 6.07) is 0. The van der Waals surface area contributed by atoms with Gasteiger partial charge in [-0.15, -0.1) is 10.2 Å². The molecule has 1 aliphatic heterocycles. The lowest BCUT2D eigenvalue weighted by Crippen LogP contribution is -2.13. The third kappa shape index (κ3) is 3.38. The van der Waals surface area contributed by atoms with E-state index in [2.05, 4.69) is 10.2 Å². The molecule has 7 heteroatoms. The fourth-order valence-corrected chi connectivity index (χ4v) is 3.78. The minimum atomic E-state index is -0.821. The van der Waals surface area contributed by atoms with Gasteiger partial charge in [-0.05, 0) is 30.8 Å². The van der Waals surface area contributed by atoms with E-state index in [0.717, 1.165) is 17.5 Å². The highest BCUT2D eigenvalue weighted by molar-refractivity contribution is 7.99. The maximum absolute atomic E-state index is 10.6. The third-order valence-electron chi connectivity index (χ3n) is 2.69. The molecule has 1 aliphatic rings. The molecule has 1 N–H and O–H groups in total. The van der Waals surface area contributed by atoms with Gasteiger partial charge in [-0.25, -0.2) is 0 Å². The number of nitrogens with zero attached hydrogens (tertiary/aromatic N) is 3. The van der Waals surface area contributed by atoms with Crippen LogP contribution in [0.3, 0.4) is 0 Å². The van der Waals surface area contributed by atoms with E-state index < -0.39 is 5.97 Å². The first-order valence-electron chi connectivity index (χ1n) is 5.49. The van der Waals surface area contributed by atoms with Crippen molar-refractivity contribution in [3.63, 3.8) is 0 Å². The van der Waals surface area contributed by atoms with Crippen LogP contribution in [0.25, 0.3) is 0 Å². The first-order chi connectivity index (χ1) is 8.16. The number of carbonyl (C=O) groups is 1. The van der Waals surface area contributed by atoms with Gasteiger partial charge in [-0.3, -0.25) is 4.79 Å². The average molecular weight is 273 g/mol. The van der Waals surface area contributed by atoms with Crippen molar-refractivity contribution >= 4 is 29.5 Å². The molecule has 0 spiro atoms. The summed E-state index contributed by atoms with van der Waals surface area (Å²) < 4.78 is 2.05. The number of carboxylic acid groups (broad SMARTS) is 1. The Balaban J connectivity index is 2.03. The van der Waals surface area contributed by atoms with Gasteiger partial charge in [0.05, 0.1) is 5.75 Å². The van der Waals surface area contributed by atoms with E-state index in [1.54, 1.807) is 0 Å². The van der Waals surface area contributed by atoms with E-state index in [1.807, 2.05) is 23.3 Å². The molecular formula is C10H15N3O2S2. The van der Waals surface area contributed by atoms with Gasteiger partial charge in [0.2, 0.25) is 0 Å². The summed E-state index contributed by atoms with van der Waals surface area (Å²) in [5, 5.41) is 17.5. The number of thioether (sulfide) groups is 2. The largest absolute Gasteiger partial charge is 0.481 e. The van der Waals surface area contributed by atoms with E-state index >= 15 is 0 Å². The molecule has 0 saturated carbocycles. The fourth-order valence-electron chi connectivity index (χ4n) is 1.79. The molecular weight excluding hydrogens is 258 g/mol. The minimum absolute atomic E-state index is 0.0392.